The topological polar surface area (TPSA) is 77.4 Å². The summed E-state index contributed by atoms with van der Waals surface area (Å²) in [6, 6.07) is 7.44. The van der Waals surface area contributed by atoms with Crippen LogP contribution in [0.4, 0.5) is 0 Å². The van der Waals surface area contributed by atoms with E-state index in [4.69, 9.17) is 31.0 Å². The fraction of sp³-hybridized carbons (Fsp3) is 0.556. The number of carbonyl (C=O) groups is 1. The molecule has 1 aromatic rings. The second-order valence-electron chi connectivity index (χ2n) is 6.25. The average molecular weight is 370 g/mol. The predicted octanol–water partition coefficient (Wildman–Crippen LogP) is 3.71. The minimum atomic E-state index is -1.51. The van der Waals surface area contributed by atoms with Gasteiger partial charge < -0.3 is 19.4 Å². The molecule has 1 heterocycles. The zero-order valence-corrected chi connectivity index (χ0v) is 15.3. The molecule has 0 atom stereocenters. The van der Waals surface area contributed by atoms with E-state index in [1.54, 1.807) is 0 Å². The molecule has 138 valence electrons. The van der Waals surface area contributed by atoms with Gasteiger partial charge in [-0.25, -0.2) is 4.79 Å². The van der Waals surface area contributed by atoms with Crippen molar-refractivity contribution in [3.05, 3.63) is 34.9 Å². The summed E-state index contributed by atoms with van der Waals surface area (Å²) in [7, 11) is 0. The molecule has 1 fully saturated rings. The molecule has 1 N–H and O–H groups in total. The molecular weight excluding hydrogens is 346 g/mol. The Hall–Kier alpha value is -1.63. The van der Waals surface area contributed by atoms with Gasteiger partial charge in [-0.05, 0) is 43.9 Å². The van der Waals surface area contributed by atoms with Crippen molar-refractivity contribution in [3.63, 3.8) is 0 Å². The van der Waals surface area contributed by atoms with E-state index in [9.17, 15) is 4.79 Å². The second-order valence-corrected chi connectivity index (χ2v) is 6.69. The number of halogens is 1. The fourth-order valence-corrected chi connectivity index (χ4v) is 2.55. The third-order valence-electron chi connectivity index (χ3n) is 4.14. The van der Waals surface area contributed by atoms with Crippen LogP contribution in [0.25, 0.3) is 0 Å². The average Bonchev–Trinajstić information content (AvgIpc) is 2.60. The van der Waals surface area contributed by atoms with Crippen LogP contribution >= 0.6 is 11.6 Å². The highest BCUT2D eigenvalue weighted by molar-refractivity contribution is 6.30. The van der Waals surface area contributed by atoms with Crippen molar-refractivity contribution in [2.45, 2.75) is 38.9 Å². The van der Waals surface area contributed by atoms with E-state index in [0.717, 1.165) is 30.5 Å². The molecule has 0 bridgehead atoms. The van der Waals surface area contributed by atoms with Crippen LogP contribution in [0.5, 0.6) is 0 Å². The zero-order chi connectivity index (χ0) is 18.3. The minimum absolute atomic E-state index is 0.215. The van der Waals surface area contributed by atoms with E-state index < -0.39 is 11.8 Å². The SMILES string of the molecule is C/C(=N/OCCCCC1COC(C)(C(=O)O)OC1)c1ccc(Cl)cc1. The van der Waals surface area contributed by atoms with Crippen molar-refractivity contribution in [2.24, 2.45) is 11.1 Å². The Balaban J connectivity index is 1.60. The molecule has 6 nitrogen and oxygen atoms in total. The zero-order valence-electron chi connectivity index (χ0n) is 14.5. The van der Waals surface area contributed by atoms with Gasteiger partial charge in [-0.3, -0.25) is 0 Å². The molecule has 25 heavy (non-hydrogen) atoms. The van der Waals surface area contributed by atoms with Gasteiger partial charge in [0, 0.05) is 17.9 Å². The molecule has 0 saturated carbocycles. The lowest BCUT2D eigenvalue weighted by Crippen LogP contribution is -2.47. The molecule has 1 aliphatic heterocycles. The molecule has 1 aliphatic rings. The van der Waals surface area contributed by atoms with E-state index in [0.29, 0.717) is 24.8 Å². The molecule has 1 aromatic carbocycles. The van der Waals surface area contributed by atoms with E-state index in [-0.39, 0.29) is 5.92 Å². The number of aliphatic carboxylic acids is 1. The predicted molar refractivity (Wildman–Crippen MR) is 94.9 cm³/mol. The summed E-state index contributed by atoms with van der Waals surface area (Å²) >= 11 is 5.85. The highest BCUT2D eigenvalue weighted by Crippen LogP contribution is 2.24. The van der Waals surface area contributed by atoms with Crippen LogP contribution in [0.1, 0.15) is 38.7 Å². The minimum Gasteiger partial charge on any atom is -0.477 e. The molecule has 1 saturated heterocycles. The van der Waals surface area contributed by atoms with Gasteiger partial charge in [0.2, 0.25) is 0 Å². The number of unbranched alkanes of at least 4 members (excludes halogenated alkanes) is 1. The number of carboxylic acid groups (broad SMARTS) is 1. The number of oxime groups is 1. The Labute approximate surface area is 152 Å². The molecule has 0 radical (unpaired) electrons. The van der Waals surface area contributed by atoms with Gasteiger partial charge >= 0.3 is 5.97 Å². The van der Waals surface area contributed by atoms with Crippen molar-refractivity contribution in [2.75, 3.05) is 19.8 Å². The monoisotopic (exact) mass is 369 g/mol. The maximum absolute atomic E-state index is 11.0. The first-order valence-electron chi connectivity index (χ1n) is 8.34. The van der Waals surface area contributed by atoms with Gasteiger partial charge in [0.15, 0.2) is 0 Å². The third-order valence-corrected chi connectivity index (χ3v) is 4.39. The maximum atomic E-state index is 11.0. The molecule has 0 unspecified atom stereocenters. The van der Waals surface area contributed by atoms with Gasteiger partial charge in [-0.1, -0.05) is 28.9 Å². The molecular formula is C18H24ClNO5. The highest BCUT2D eigenvalue weighted by atomic mass is 35.5. The summed E-state index contributed by atoms with van der Waals surface area (Å²) in [6.07, 6.45) is 2.71. The first-order chi connectivity index (χ1) is 11.9. The second kappa shape index (κ2) is 9.17. The Morgan fingerprint density at radius 2 is 1.96 bits per heavy atom. The molecule has 7 heteroatoms. The normalized spacial score (nSPS) is 24.1. The maximum Gasteiger partial charge on any atom is 0.364 e. The number of benzene rings is 1. The summed E-state index contributed by atoms with van der Waals surface area (Å²) in [5, 5.41) is 13.8. The highest BCUT2D eigenvalue weighted by Gasteiger charge is 2.40. The Bertz CT molecular complexity index is 594. The van der Waals surface area contributed by atoms with Crippen LogP contribution in [0.3, 0.4) is 0 Å². The number of carboxylic acids is 1. The third kappa shape index (κ3) is 5.99. The Morgan fingerprint density at radius 1 is 1.32 bits per heavy atom. The summed E-state index contributed by atoms with van der Waals surface area (Å²) in [6.45, 7) is 4.65. The molecule has 0 spiro atoms. The van der Waals surface area contributed by atoms with Crippen LogP contribution in [-0.2, 0) is 19.1 Å². The van der Waals surface area contributed by atoms with Crippen LogP contribution in [0, 0.1) is 5.92 Å². The van der Waals surface area contributed by atoms with E-state index in [1.807, 2.05) is 31.2 Å². The molecule has 2 rings (SSSR count). The number of hydrogen-bond acceptors (Lipinski definition) is 5. The lowest BCUT2D eigenvalue weighted by molar-refractivity contribution is -0.271. The quantitative estimate of drug-likeness (QED) is 0.429. The molecule has 0 aliphatic carbocycles. The first kappa shape index (κ1) is 19.7. The number of hydrogen-bond donors (Lipinski definition) is 1. The van der Waals surface area contributed by atoms with Gasteiger partial charge in [-0.2, -0.15) is 0 Å². The standard InChI is InChI=1S/C18H24ClNO5/c1-13(15-6-8-16(19)9-7-15)20-25-10-4-3-5-14-11-23-18(2,17(21)22)24-12-14/h6-9,14H,3-5,10-12H2,1-2H3,(H,21,22)/b20-13-. The summed E-state index contributed by atoms with van der Waals surface area (Å²) in [5.74, 6) is -2.38. The van der Waals surface area contributed by atoms with Crippen LogP contribution in [-0.4, -0.2) is 42.4 Å². The number of nitrogens with zero attached hydrogens (tertiary/aromatic N) is 1. The van der Waals surface area contributed by atoms with Crippen molar-refractivity contribution < 1.29 is 24.2 Å². The van der Waals surface area contributed by atoms with Crippen molar-refractivity contribution in [1.82, 2.24) is 0 Å². The lowest BCUT2D eigenvalue weighted by Gasteiger charge is -2.34. The van der Waals surface area contributed by atoms with Crippen LogP contribution in [0.2, 0.25) is 5.02 Å². The van der Waals surface area contributed by atoms with Gasteiger partial charge in [0.25, 0.3) is 5.79 Å². The number of rotatable bonds is 8. The Kier molecular flexibility index (Phi) is 7.23. The molecule has 0 amide bonds. The van der Waals surface area contributed by atoms with E-state index >= 15 is 0 Å². The van der Waals surface area contributed by atoms with Crippen molar-refractivity contribution in [3.8, 4) is 0 Å². The Morgan fingerprint density at radius 3 is 2.56 bits per heavy atom. The van der Waals surface area contributed by atoms with Crippen LogP contribution < -0.4 is 0 Å². The van der Waals surface area contributed by atoms with Crippen molar-refractivity contribution in [1.29, 1.82) is 0 Å². The van der Waals surface area contributed by atoms with Gasteiger partial charge in [-0.15, -0.1) is 0 Å². The largest absolute Gasteiger partial charge is 0.477 e. The van der Waals surface area contributed by atoms with Gasteiger partial charge in [0.1, 0.15) is 6.61 Å². The van der Waals surface area contributed by atoms with E-state index in [1.165, 1.54) is 6.92 Å². The molecule has 0 aromatic heterocycles. The number of ether oxygens (including phenoxy) is 2. The smallest absolute Gasteiger partial charge is 0.364 e. The van der Waals surface area contributed by atoms with Crippen LogP contribution in [0.15, 0.2) is 29.4 Å². The van der Waals surface area contributed by atoms with Crippen molar-refractivity contribution >= 4 is 23.3 Å². The fourth-order valence-electron chi connectivity index (χ4n) is 2.42. The summed E-state index contributed by atoms with van der Waals surface area (Å²) in [4.78, 5) is 16.4. The van der Waals surface area contributed by atoms with E-state index in [2.05, 4.69) is 5.16 Å². The summed E-state index contributed by atoms with van der Waals surface area (Å²) in [5.41, 5.74) is 1.78. The first-order valence-corrected chi connectivity index (χ1v) is 8.72. The lowest BCUT2D eigenvalue weighted by atomic mass is 10.0. The van der Waals surface area contributed by atoms with Gasteiger partial charge in [0.05, 0.1) is 18.9 Å². The summed E-state index contributed by atoms with van der Waals surface area (Å²) < 4.78 is 10.6.